The second-order valence-corrected chi connectivity index (χ2v) is 4.83. The van der Waals surface area contributed by atoms with Crippen LogP contribution in [0.2, 0.25) is 0 Å². The number of hydrogen-bond donors (Lipinski definition) is 1. The number of nitrogens with zero attached hydrogens (tertiary/aromatic N) is 2. The Morgan fingerprint density at radius 1 is 1.61 bits per heavy atom. The van der Waals surface area contributed by atoms with Crippen LogP contribution in [-0.2, 0) is 0 Å². The Morgan fingerprint density at radius 3 is 3.17 bits per heavy atom. The standard InChI is InChI=1S/C13H18FN3O/c1-17-7-3-4-10(9-17)8-15-13(18)11-5-2-6-12(14)16-11/h2,5-6,10H,3-4,7-9H2,1H3,(H,15,18). The van der Waals surface area contributed by atoms with E-state index in [9.17, 15) is 9.18 Å². The van der Waals surface area contributed by atoms with Crippen molar-refractivity contribution in [3.05, 3.63) is 29.8 Å². The maximum absolute atomic E-state index is 12.9. The molecular weight excluding hydrogens is 233 g/mol. The molecule has 1 unspecified atom stereocenters. The molecule has 4 nitrogen and oxygen atoms in total. The van der Waals surface area contributed by atoms with Crippen LogP contribution in [0, 0.1) is 11.9 Å². The van der Waals surface area contributed by atoms with E-state index in [0.29, 0.717) is 12.5 Å². The lowest BCUT2D eigenvalue weighted by atomic mass is 9.98. The first-order valence-electron chi connectivity index (χ1n) is 6.24. The third-order valence-electron chi connectivity index (χ3n) is 3.22. The molecule has 1 saturated heterocycles. The van der Waals surface area contributed by atoms with Gasteiger partial charge in [-0.3, -0.25) is 4.79 Å². The number of aromatic nitrogens is 1. The predicted octanol–water partition coefficient (Wildman–Crippen LogP) is 1.29. The number of pyridine rings is 1. The summed E-state index contributed by atoms with van der Waals surface area (Å²) in [7, 11) is 2.09. The third kappa shape index (κ3) is 3.50. The summed E-state index contributed by atoms with van der Waals surface area (Å²) in [5.41, 5.74) is 0.138. The molecule has 1 fully saturated rings. The molecule has 1 aromatic rings. The van der Waals surface area contributed by atoms with E-state index in [1.165, 1.54) is 18.2 Å². The molecule has 1 aliphatic rings. The second kappa shape index (κ2) is 5.91. The largest absolute Gasteiger partial charge is 0.350 e. The molecule has 2 rings (SSSR count). The topological polar surface area (TPSA) is 45.2 Å². The van der Waals surface area contributed by atoms with Crippen LogP contribution in [0.1, 0.15) is 23.3 Å². The zero-order chi connectivity index (χ0) is 13.0. The maximum Gasteiger partial charge on any atom is 0.270 e. The van der Waals surface area contributed by atoms with Crippen molar-refractivity contribution in [2.45, 2.75) is 12.8 Å². The van der Waals surface area contributed by atoms with Gasteiger partial charge in [0.05, 0.1) is 0 Å². The fourth-order valence-corrected chi connectivity index (χ4v) is 2.30. The van der Waals surface area contributed by atoms with Gasteiger partial charge in [-0.25, -0.2) is 4.98 Å². The van der Waals surface area contributed by atoms with Gasteiger partial charge < -0.3 is 10.2 Å². The van der Waals surface area contributed by atoms with Crippen LogP contribution in [0.25, 0.3) is 0 Å². The predicted molar refractivity (Wildman–Crippen MR) is 66.7 cm³/mol. The van der Waals surface area contributed by atoms with E-state index in [1.54, 1.807) is 0 Å². The van der Waals surface area contributed by atoms with Gasteiger partial charge in [-0.1, -0.05) is 6.07 Å². The van der Waals surface area contributed by atoms with Crippen molar-refractivity contribution in [2.24, 2.45) is 5.92 Å². The number of likely N-dealkylation sites (tertiary alicyclic amines) is 1. The van der Waals surface area contributed by atoms with Crippen LogP contribution < -0.4 is 5.32 Å². The van der Waals surface area contributed by atoms with Crippen LogP contribution in [0.3, 0.4) is 0 Å². The van der Waals surface area contributed by atoms with Crippen LogP contribution in [0.15, 0.2) is 18.2 Å². The molecule has 0 saturated carbocycles. The molecule has 0 aliphatic carbocycles. The smallest absolute Gasteiger partial charge is 0.270 e. The number of halogens is 1. The number of rotatable bonds is 3. The van der Waals surface area contributed by atoms with Crippen molar-refractivity contribution < 1.29 is 9.18 Å². The van der Waals surface area contributed by atoms with Gasteiger partial charge >= 0.3 is 0 Å². The van der Waals surface area contributed by atoms with Crippen molar-refractivity contribution in [3.63, 3.8) is 0 Å². The summed E-state index contributed by atoms with van der Waals surface area (Å²) in [6.45, 7) is 2.74. The first-order chi connectivity index (χ1) is 8.65. The van der Waals surface area contributed by atoms with E-state index in [1.807, 2.05) is 0 Å². The Hall–Kier alpha value is -1.49. The molecule has 1 aliphatic heterocycles. The zero-order valence-electron chi connectivity index (χ0n) is 10.5. The number of piperidine rings is 1. The van der Waals surface area contributed by atoms with Crippen molar-refractivity contribution in [2.75, 3.05) is 26.7 Å². The molecule has 2 heterocycles. The summed E-state index contributed by atoms with van der Waals surface area (Å²) < 4.78 is 12.9. The number of carbonyl (C=O) groups is 1. The van der Waals surface area contributed by atoms with Crippen molar-refractivity contribution in [1.82, 2.24) is 15.2 Å². The van der Waals surface area contributed by atoms with E-state index >= 15 is 0 Å². The molecule has 1 N–H and O–H groups in total. The Labute approximate surface area is 106 Å². The Kier molecular flexibility index (Phi) is 4.25. The van der Waals surface area contributed by atoms with Crippen LogP contribution in [0.4, 0.5) is 4.39 Å². The number of nitrogens with one attached hydrogen (secondary N) is 1. The second-order valence-electron chi connectivity index (χ2n) is 4.83. The highest BCUT2D eigenvalue weighted by Gasteiger charge is 2.18. The fourth-order valence-electron chi connectivity index (χ4n) is 2.30. The zero-order valence-corrected chi connectivity index (χ0v) is 10.5. The van der Waals surface area contributed by atoms with E-state index < -0.39 is 5.95 Å². The first-order valence-corrected chi connectivity index (χ1v) is 6.24. The van der Waals surface area contributed by atoms with Gasteiger partial charge in [0.2, 0.25) is 5.95 Å². The molecule has 98 valence electrons. The molecule has 1 amide bonds. The number of hydrogen-bond acceptors (Lipinski definition) is 3. The number of carbonyl (C=O) groups excluding carboxylic acids is 1. The number of amides is 1. The minimum absolute atomic E-state index is 0.138. The summed E-state index contributed by atoms with van der Waals surface area (Å²) >= 11 is 0. The van der Waals surface area contributed by atoms with Crippen molar-refractivity contribution in [3.8, 4) is 0 Å². The van der Waals surface area contributed by atoms with Gasteiger partial charge in [0, 0.05) is 13.1 Å². The lowest BCUT2D eigenvalue weighted by molar-refractivity contribution is 0.0930. The fraction of sp³-hybridized carbons (Fsp3) is 0.538. The average Bonchev–Trinajstić information content (AvgIpc) is 2.36. The molecule has 0 radical (unpaired) electrons. The molecular formula is C13H18FN3O. The van der Waals surface area contributed by atoms with Crippen molar-refractivity contribution in [1.29, 1.82) is 0 Å². The van der Waals surface area contributed by atoms with E-state index in [-0.39, 0.29) is 11.6 Å². The minimum Gasteiger partial charge on any atom is -0.350 e. The Bertz CT molecular complexity index is 424. The van der Waals surface area contributed by atoms with Gasteiger partial charge in [-0.2, -0.15) is 4.39 Å². The van der Waals surface area contributed by atoms with Crippen LogP contribution in [0.5, 0.6) is 0 Å². The summed E-state index contributed by atoms with van der Waals surface area (Å²) in [4.78, 5) is 17.6. The Balaban J connectivity index is 1.84. The normalized spacial score (nSPS) is 20.7. The monoisotopic (exact) mass is 251 g/mol. The highest BCUT2D eigenvalue weighted by Crippen LogP contribution is 2.13. The SMILES string of the molecule is CN1CCCC(CNC(=O)c2cccc(F)n2)C1. The highest BCUT2D eigenvalue weighted by atomic mass is 19.1. The quantitative estimate of drug-likeness (QED) is 0.823. The van der Waals surface area contributed by atoms with Gasteiger partial charge in [-0.15, -0.1) is 0 Å². The molecule has 1 aromatic heterocycles. The van der Waals surface area contributed by atoms with Gasteiger partial charge in [-0.05, 0) is 44.5 Å². The lowest BCUT2D eigenvalue weighted by Crippen LogP contribution is -2.39. The Morgan fingerprint density at radius 2 is 2.44 bits per heavy atom. The minimum atomic E-state index is -0.625. The summed E-state index contributed by atoms with van der Waals surface area (Å²) in [6.07, 6.45) is 2.29. The van der Waals surface area contributed by atoms with Crippen molar-refractivity contribution >= 4 is 5.91 Å². The molecule has 0 aromatic carbocycles. The van der Waals surface area contributed by atoms with Crippen LogP contribution >= 0.6 is 0 Å². The molecule has 0 bridgehead atoms. The third-order valence-corrected chi connectivity index (χ3v) is 3.22. The summed E-state index contributed by atoms with van der Waals surface area (Å²) in [5, 5.41) is 2.82. The summed E-state index contributed by atoms with van der Waals surface area (Å²) in [6, 6.07) is 4.24. The van der Waals surface area contributed by atoms with Gasteiger partial charge in [0.1, 0.15) is 5.69 Å². The molecule has 5 heteroatoms. The molecule has 1 atom stereocenters. The molecule has 0 spiro atoms. The highest BCUT2D eigenvalue weighted by molar-refractivity contribution is 5.92. The lowest BCUT2D eigenvalue weighted by Gasteiger charge is -2.29. The van der Waals surface area contributed by atoms with E-state index in [2.05, 4.69) is 22.2 Å². The maximum atomic E-state index is 12.9. The van der Waals surface area contributed by atoms with E-state index in [0.717, 1.165) is 25.9 Å². The van der Waals surface area contributed by atoms with Crippen LogP contribution in [-0.4, -0.2) is 42.5 Å². The average molecular weight is 251 g/mol. The molecule has 18 heavy (non-hydrogen) atoms. The van der Waals surface area contributed by atoms with E-state index in [4.69, 9.17) is 0 Å². The summed E-state index contributed by atoms with van der Waals surface area (Å²) in [5.74, 6) is -0.455. The van der Waals surface area contributed by atoms with Gasteiger partial charge in [0.25, 0.3) is 5.91 Å². The van der Waals surface area contributed by atoms with Gasteiger partial charge in [0.15, 0.2) is 0 Å². The first kappa shape index (κ1) is 13.0.